The van der Waals surface area contributed by atoms with Crippen molar-refractivity contribution in [2.75, 3.05) is 6.54 Å². The average Bonchev–Trinajstić information content (AvgIpc) is 2.74. The zero-order chi connectivity index (χ0) is 20.6. The molecule has 0 bridgehead atoms. The SMILES string of the molecule is C=CCN(Cc1ccccc1)C(=O)c1ccc(Oc2ccc(C(N)=O)cc2)cc1. The third-order valence-corrected chi connectivity index (χ3v) is 4.33. The number of primary amides is 1. The highest BCUT2D eigenvalue weighted by molar-refractivity contribution is 5.94. The van der Waals surface area contributed by atoms with Gasteiger partial charge in [0.1, 0.15) is 11.5 Å². The van der Waals surface area contributed by atoms with E-state index in [1.807, 2.05) is 30.3 Å². The Hall–Kier alpha value is -3.86. The first-order valence-corrected chi connectivity index (χ1v) is 9.18. The van der Waals surface area contributed by atoms with Crippen molar-refractivity contribution >= 4 is 11.8 Å². The molecule has 5 nitrogen and oxygen atoms in total. The van der Waals surface area contributed by atoms with E-state index >= 15 is 0 Å². The van der Waals surface area contributed by atoms with Crippen molar-refractivity contribution in [1.82, 2.24) is 4.90 Å². The summed E-state index contributed by atoms with van der Waals surface area (Å²) in [5.41, 5.74) is 7.28. The molecular formula is C24H22N2O3. The van der Waals surface area contributed by atoms with E-state index in [1.165, 1.54) is 0 Å². The first-order chi connectivity index (χ1) is 14.1. The zero-order valence-corrected chi connectivity index (χ0v) is 16.0. The number of rotatable bonds is 8. The Labute approximate surface area is 170 Å². The fraction of sp³-hybridized carbons (Fsp3) is 0.0833. The Balaban J connectivity index is 1.69. The summed E-state index contributed by atoms with van der Waals surface area (Å²) in [5, 5.41) is 0. The van der Waals surface area contributed by atoms with Gasteiger partial charge in [-0.25, -0.2) is 0 Å². The van der Waals surface area contributed by atoms with Gasteiger partial charge in [-0.05, 0) is 54.1 Å². The maximum Gasteiger partial charge on any atom is 0.254 e. The summed E-state index contributed by atoms with van der Waals surface area (Å²) in [5.74, 6) is 0.600. The molecule has 0 heterocycles. The summed E-state index contributed by atoms with van der Waals surface area (Å²) in [6, 6.07) is 23.3. The van der Waals surface area contributed by atoms with Crippen molar-refractivity contribution in [3.8, 4) is 11.5 Å². The van der Waals surface area contributed by atoms with Crippen molar-refractivity contribution in [2.24, 2.45) is 5.73 Å². The molecule has 29 heavy (non-hydrogen) atoms. The molecule has 5 heteroatoms. The highest BCUT2D eigenvalue weighted by atomic mass is 16.5. The van der Waals surface area contributed by atoms with Crippen LogP contribution in [-0.2, 0) is 6.54 Å². The van der Waals surface area contributed by atoms with E-state index in [0.717, 1.165) is 5.56 Å². The number of amides is 2. The quantitative estimate of drug-likeness (QED) is 0.583. The van der Waals surface area contributed by atoms with Gasteiger partial charge in [0.05, 0.1) is 0 Å². The number of ether oxygens (including phenoxy) is 1. The Kier molecular flexibility index (Phi) is 6.43. The van der Waals surface area contributed by atoms with Gasteiger partial charge in [-0.1, -0.05) is 36.4 Å². The first-order valence-electron chi connectivity index (χ1n) is 9.18. The molecule has 0 unspecified atom stereocenters. The standard InChI is InChI=1S/C24H22N2O3/c1-2-16-26(17-18-6-4-3-5-7-18)24(28)20-10-14-22(15-11-20)29-21-12-8-19(9-13-21)23(25)27/h2-15H,1,16-17H2,(H2,25,27). The average molecular weight is 386 g/mol. The van der Waals surface area contributed by atoms with E-state index in [1.54, 1.807) is 59.5 Å². The first kappa shape index (κ1) is 19.9. The molecule has 0 aliphatic carbocycles. The summed E-state index contributed by atoms with van der Waals surface area (Å²) in [6.45, 7) is 4.72. The number of carbonyl (C=O) groups is 2. The fourth-order valence-corrected chi connectivity index (χ4v) is 2.85. The second-order valence-electron chi connectivity index (χ2n) is 6.48. The van der Waals surface area contributed by atoms with Crippen molar-refractivity contribution < 1.29 is 14.3 Å². The third-order valence-electron chi connectivity index (χ3n) is 4.33. The van der Waals surface area contributed by atoms with Crippen LogP contribution in [0.1, 0.15) is 26.3 Å². The van der Waals surface area contributed by atoms with Crippen LogP contribution in [0.25, 0.3) is 0 Å². The molecule has 0 aliphatic heterocycles. The topological polar surface area (TPSA) is 72.6 Å². The van der Waals surface area contributed by atoms with Crippen LogP contribution < -0.4 is 10.5 Å². The lowest BCUT2D eigenvalue weighted by Gasteiger charge is -2.21. The predicted octanol–water partition coefficient (Wildman–Crippen LogP) is 4.41. The van der Waals surface area contributed by atoms with Crippen LogP contribution in [0.2, 0.25) is 0 Å². The molecule has 0 saturated carbocycles. The maximum atomic E-state index is 12.9. The van der Waals surface area contributed by atoms with E-state index in [2.05, 4.69) is 6.58 Å². The second kappa shape index (κ2) is 9.37. The van der Waals surface area contributed by atoms with Gasteiger partial charge in [-0.3, -0.25) is 9.59 Å². The molecule has 3 aromatic rings. The third kappa shape index (κ3) is 5.32. The number of hydrogen-bond donors (Lipinski definition) is 1. The largest absolute Gasteiger partial charge is 0.457 e. The Morgan fingerprint density at radius 1 is 0.862 bits per heavy atom. The molecule has 146 valence electrons. The molecule has 3 rings (SSSR count). The van der Waals surface area contributed by atoms with Crippen LogP contribution in [0.3, 0.4) is 0 Å². The lowest BCUT2D eigenvalue weighted by Crippen LogP contribution is -2.30. The molecule has 3 aromatic carbocycles. The molecule has 2 amide bonds. The van der Waals surface area contributed by atoms with Crippen LogP contribution in [-0.4, -0.2) is 23.3 Å². The molecule has 0 aliphatic rings. The molecule has 0 spiro atoms. The van der Waals surface area contributed by atoms with Crippen molar-refractivity contribution in [1.29, 1.82) is 0 Å². The summed E-state index contributed by atoms with van der Waals surface area (Å²) >= 11 is 0. The van der Waals surface area contributed by atoms with Crippen molar-refractivity contribution in [3.05, 3.63) is 108 Å². The summed E-state index contributed by atoms with van der Waals surface area (Å²) in [6.07, 6.45) is 1.72. The number of hydrogen-bond acceptors (Lipinski definition) is 3. The van der Waals surface area contributed by atoms with Gasteiger partial charge in [0.15, 0.2) is 0 Å². The van der Waals surface area contributed by atoms with Gasteiger partial charge < -0.3 is 15.4 Å². The number of benzene rings is 3. The Morgan fingerprint density at radius 3 is 1.93 bits per heavy atom. The van der Waals surface area contributed by atoms with Crippen LogP contribution >= 0.6 is 0 Å². The minimum absolute atomic E-state index is 0.0777. The Bertz CT molecular complexity index is 981. The Morgan fingerprint density at radius 2 is 1.41 bits per heavy atom. The van der Waals surface area contributed by atoms with Crippen LogP contribution in [0.15, 0.2) is 91.5 Å². The molecule has 0 radical (unpaired) electrons. The molecule has 0 saturated heterocycles. The minimum atomic E-state index is -0.487. The summed E-state index contributed by atoms with van der Waals surface area (Å²) in [7, 11) is 0. The van der Waals surface area contributed by atoms with E-state index in [0.29, 0.717) is 35.7 Å². The van der Waals surface area contributed by atoms with Gasteiger partial charge >= 0.3 is 0 Å². The predicted molar refractivity (Wildman–Crippen MR) is 113 cm³/mol. The van der Waals surface area contributed by atoms with Gasteiger partial charge in [0.25, 0.3) is 5.91 Å². The van der Waals surface area contributed by atoms with Gasteiger partial charge in [-0.15, -0.1) is 6.58 Å². The zero-order valence-electron chi connectivity index (χ0n) is 16.0. The van der Waals surface area contributed by atoms with Gasteiger partial charge in [-0.2, -0.15) is 0 Å². The van der Waals surface area contributed by atoms with Crippen molar-refractivity contribution in [2.45, 2.75) is 6.54 Å². The minimum Gasteiger partial charge on any atom is -0.457 e. The smallest absolute Gasteiger partial charge is 0.254 e. The van der Waals surface area contributed by atoms with Gasteiger partial charge in [0.2, 0.25) is 5.91 Å². The molecule has 2 N–H and O–H groups in total. The summed E-state index contributed by atoms with van der Waals surface area (Å²) in [4.78, 5) is 25.8. The molecule has 0 atom stereocenters. The molecular weight excluding hydrogens is 364 g/mol. The maximum absolute atomic E-state index is 12.9. The van der Waals surface area contributed by atoms with E-state index in [-0.39, 0.29) is 5.91 Å². The van der Waals surface area contributed by atoms with Crippen molar-refractivity contribution in [3.63, 3.8) is 0 Å². The monoisotopic (exact) mass is 386 g/mol. The highest BCUT2D eigenvalue weighted by Crippen LogP contribution is 2.22. The number of carbonyl (C=O) groups excluding carboxylic acids is 2. The van der Waals surface area contributed by atoms with E-state index in [4.69, 9.17) is 10.5 Å². The fourth-order valence-electron chi connectivity index (χ4n) is 2.85. The lowest BCUT2D eigenvalue weighted by molar-refractivity contribution is 0.0762. The van der Waals surface area contributed by atoms with Gasteiger partial charge in [0, 0.05) is 24.2 Å². The number of nitrogens with zero attached hydrogens (tertiary/aromatic N) is 1. The highest BCUT2D eigenvalue weighted by Gasteiger charge is 2.15. The van der Waals surface area contributed by atoms with Crippen LogP contribution in [0.4, 0.5) is 0 Å². The summed E-state index contributed by atoms with van der Waals surface area (Å²) < 4.78 is 5.76. The molecule has 0 aromatic heterocycles. The van der Waals surface area contributed by atoms with E-state index in [9.17, 15) is 9.59 Å². The lowest BCUT2D eigenvalue weighted by atomic mass is 10.1. The van der Waals surface area contributed by atoms with Crippen LogP contribution in [0.5, 0.6) is 11.5 Å². The van der Waals surface area contributed by atoms with Crippen LogP contribution in [0, 0.1) is 0 Å². The second-order valence-corrected chi connectivity index (χ2v) is 6.48. The van der Waals surface area contributed by atoms with E-state index < -0.39 is 5.91 Å². The normalized spacial score (nSPS) is 10.2. The number of nitrogens with two attached hydrogens (primary N) is 1. The molecule has 0 fully saturated rings.